The Balaban J connectivity index is 1.89. The van der Waals surface area contributed by atoms with Gasteiger partial charge < -0.3 is 0 Å². The summed E-state index contributed by atoms with van der Waals surface area (Å²) in [4.78, 5) is 0. The van der Waals surface area contributed by atoms with Gasteiger partial charge in [-0.2, -0.15) is 0 Å². The molecule has 0 aromatic rings. The van der Waals surface area contributed by atoms with Crippen molar-refractivity contribution in [2.45, 2.75) is 57.9 Å². The van der Waals surface area contributed by atoms with Gasteiger partial charge in [0.15, 0.2) is 0 Å². The lowest BCUT2D eigenvalue weighted by Gasteiger charge is -2.25. The Morgan fingerprint density at radius 1 is 1.14 bits per heavy atom. The van der Waals surface area contributed by atoms with Crippen LogP contribution < -0.4 is 11.3 Å². The fourth-order valence-corrected chi connectivity index (χ4v) is 3.13. The van der Waals surface area contributed by atoms with Gasteiger partial charge in [-0.25, -0.2) is 0 Å². The van der Waals surface area contributed by atoms with Crippen LogP contribution in [-0.4, -0.2) is 6.04 Å². The summed E-state index contributed by atoms with van der Waals surface area (Å²) in [5.74, 6) is 8.36. The second-order valence-electron chi connectivity index (χ2n) is 5.32. The van der Waals surface area contributed by atoms with Gasteiger partial charge in [-0.15, -0.1) is 0 Å². The first kappa shape index (κ1) is 10.4. The van der Waals surface area contributed by atoms with Crippen LogP contribution in [-0.2, 0) is 0 Å². The van der Waals surface area contributed by atoms with Crippen molar-refractivity contribution in [3.05, 3.63) is 0 Å². The molecule has 0 radical (unpaired) electrons. The molecule has 3 atom stereocenters. The lowest BCUT2D eigenvalue weighted by molar-refractivity contribution is 0.287. The molecular formula is C12H24N2. The predicted molar refractivity (Wildman–Crippen MR) is 59.6 cm³/mol. The van der Waals surface area contributed by atoms with Gasteiger partial charge in [0.2, 0.25) is 0 Å². The van der Waals surface area contributed by atoms with Gasteiger partial charge in [-0.1, -0.05) is 32.6 Å². The summed E-state index contributed by atoms with van der Waals surface area (Å²) in [5.41, 5.74) is 3.09. The quantitative estimate of drug-likeness (QED) is 0.413. The molecule has 0 heterocycles. The van der Waals surface area contributed by atoms with Crippen molar-refractivity contribution in [3.8, 4) is 0 Å². The zero-order valence-electron chi connectivity index (χ0n) is 9.34. The molecule has 2 nitrogen and oxygen atoms in total. The molecule has 0 amide bonds. The third-order valence-corrected chi connectivity index (χ3v) is 4.23. The van der Waals surface area contributed by atoms with Crippen LogP contribution in [0.25, 0.3) is 0 Å². The van der Waals surface area contributed by atoms with Crippen LogP contribution in [0.4, 0.5) is 0 Å². The van der Waals surface area contributed by atoms with Crippen molar-refractivity contribution in [2.24, 2.45) is 23.6 Å². The van der Waals surface area contributed by atoms with Gasteiger partial charge in [0.25, 0.3) is 0 Å². The van der Waals surface area contributed by atoms with Crippen LogP contribution in [0.1, 0.15) is 51.9 Å². The van der Waals surface area contributed by atoms with E-state index in [9.17, 15) is 0 Å². The van der Waals surface area contributed by atoms with Crippen molar-refractivity contribution in [2.75, 3.05) is 0 Å². The second kappa shape index (κ2) is 4.63. The number of hydrazine groups is 1. The average Bonchev–Trinajstić information content (AvgIpc) is 2.93. The Morgan fingerprint density at radius 2 is 1.71 bits per heavy atom. The Hall–Kier alpha value is -0.0800. The van der Waals surface area contributed by atoms with E-state index in [1.807, 2.05) is 0 Å². The van der Waals surface area contributed by atoms with E-state index in [0.717, 1.165) is 17.8 Å². The standard InChI is InChI=1S/C12H24N2/c1-9-8-11(9)12(14-13)10-6-4-2-3-5-7-10/h9-12,14H,2-8,13H2,1H3. The Morgan fingerprint density at radius 3 is 2.14 bits per heavy atom. The summed E-state index contributed by atoms with van der Waals surface area (Å²) in [6, 6.07) is 0.614. The van der Waals surface area contributed by atoms with E-state index in [4.69, 9.17) is 5.84 Å². The molecule has 14 heavy (non-hydrogen) atoms. The Bertz CT molecular complexity index is 173. The Labute approximate surface area is 87.6 Å². The summed E-state index contributed by atoms with van der Waals surface area (Å²) in [5, 5.41) is 0. The van der Waals surface area contributed by atoms with Crippen LogP contribution in [0.3, 0.4) is 0 Å². The molecule has 2 aliphatic rings. The van der Waals surface area contributed by atoms with Crippen molar-refractivity contribution in [3.63, 3.8) is 0 Å². The fourth-order valence-electron chi connectivity index (χ4n) is 3.13. The summed E-state index contributed by atoms with van der Waals surface area (Å²) in [6.07, 6.45) is 9.91. The molecule has 0 aliphatic heterocycles. The van der Waals surface area contributed by atoms with Crippen LogP contribution in [0.15, 0.2) is 0 Å². The van der Waals surface area contributed by atoms with Gasteiger partial charge in [-0.05, 0) is 37.0 Å². The molecule has 3 unspecified atom stereocenters. The molecular weight excluding hydrogens is 172 g/mol. The number of hydrogen-bond donors (Lipinski definition) is 2. The van der Waals surface area contributed by atoms with Crippen molar-refractivity contribution < 1.29 is 0 Å². The molecule has 2 rings (SSSR count). The zero-order chi connectivity index (χ0) is 9.97. The van der Waals surface area contributed by atoms with E-state index in [1.54, 1.807) is 0 Å². The van der Waals surface area contributed by atoms with Gasteiger partial charge in [-0.3, -0.25) is 11.3 Å². The minimum Gasteiger partial charge on any atom is -0.271 e. The lowest BCUT2D eigenvalue weighted by atomic mass is 9.88. The summed E-state index contributed by atoms with van der Waals surface area (Å²) < 4.78 is 0. The van der Waals surface area contributed by atoms with Crippen LogP contribution in [0.2, 0.25) is 0 Å². The van der Waals surface area contributed by atoms with E-state index in [2.05, 4.69) is 12.3 Å². The molecule has 2 heteroatoms. The molecule has 0 saturated heterocycles. The highest BCUT2D eigenvalue weighted by atomic mass is 15.2. The van der Waals surface area contributed by atoms with Gasteiger partial charge in [0.1, 0.15) is 0 Å². The number of hydrogen-bond acceptors (Lipinski definition) is 2. The first-order chi connectivity index (χ1) is 6.83. The minimum absolute atomic E-state index is 0.614. The van der Waals surface area contributed by atoms with E-state index >= 15 is 0 Å². The molecule has 0 aromatic heterocycles. The van der Waals surface area contributed by atoms with Crippen LogP contribution in [0.5, 0.6) is 0 Å². The third kappa shape index (κ3) is 2.29. The molecule has 82 valence electrons. The van der Waals surface area contributed by atoms with Gasteiger partial charge >= 0.3 is 0 Å². The summed E-state index contributed by atoms with van der Waals surface area (Å²) in [6.45, 7) is 2.35. The van der Waals surface area contributed by atoms with Crippen molar-refractivity contribution in [1.29, 1.82) is 0 Å². The molecule has 2 saturated carbocycles. The van der Waals surface area contributed by atoms with E-state index in [0.29, 0.717) is 6.04 Å². The average molecular weight is 196 g/mol. The normalized spacial score (nSPS) is 36.4. The van der Waals surface area contributed by atoms with E-state index in [-0.39, 0.29) is 0 Å². The largest absolute Gasteiger partial charge is 0.271 e. The molecule has 3 N–H and O–H groups in total. The third-order valence-electron chi connectivity index (χ3n) is 4.23. The van der Waals surface area contributed by atoms with Crippen molar-refractivity contribution >= 4 is 0 Å². The smallest absolute Gasteiger partial charge is 0.0269 e. The lowest BCUT2D eigenvalue weighted by Crippen LogP contribution is -2.42. The summed E-state index contributed by atoms with van der Waals surface area (Å²) in [7, 11) is 0. The highest BCUT2D eigenvalue weighted by molar-refractivity contribution is 4.95. The number of rotatable bonds is 3. The topological polar surface area (TPSA) is 38.0 Å². The molecule has 0 aromatic carbocycles. The van der Waals surface area contributed by atoms with Crippen LogP contribution >= 0.6 is 0 Å². The van der Waals surface area contributed by atoms with E-state index < -0.39 is 0 Å². The monoisotopic (exact) mass is 196 g/mol. The van der Waals surface area contributed by atoms with Gasteiger partial charge in [0.05, 0.1) is 0 Å². The molecule has 0 bridgehead atoms. The van der Waals surface area contributed by atoms with Crippen molar-refractivity contribution in [1.82, 2.24) is 5.43 Å². The first-order valence-corrected chi connectivity index (χ1v) is 6.29. The maximum absolute atomic E-state index is 5.71. The maximum atomic E-state index is 5.71. The highest BCUT2D eigenvalue weighted by Gasteiger charge is 2.42. The molecule has 2 fully saturated rings. The highest BCUT2D eigenvalue weighted by Crippen LogP contribution is 2.44. The van der Waals surface area contributed by atoms with Gasteiger partial charge in [0, 0.05) is 6.04 Å². The predicted octanol–water partition coefficient (Wildman–Crippen LogP) is 2.44. The first-order valence-electron chi connectivity index (χ1n) is 6.29. The van der Waals surface area contributed by atoms with Crippen LogP contribution in [0, 0.1) is 17.8 Å². The maximum Gasteiger partial charge on any atom is 0.0269 e. The number of nitrogens with two attached hydrogens (primary N) is 1. The second-order valence-corrected chi connectivity index (χ2v) is 5.32. The number of nitrogens with one attached hydrogen (secondary N) is 1. The zero-order valence-corrected chi connectivity index (χ0v) is 9.34. The molecule has 2 aliphatic carbocycles. The SMILES string of the molecule is CC1CC1C(NN)C1CCCCCC1. The molecule has 0 spiro atoms. The fraction of sp³-hybridized carbons (Fsp3) is 1.00. The Kier molecular flexibility index (Phi) is 3.45. The summed E-state index contributed by atoms with van der Waals surface area (Å²) >= 11 is 0. The minimum atomic E-state index is 0.614. The van der Waals surface area contributed by atoms with E-state index in [1.165, 1.54) is 44.9 Å².